The standard InChI is InChI=1S/C15H12N8/c1-2-4-10(5-3-1)20-14-12-13(19-9-18-12)22-15(23-14)21-11-8-16-6-7-17-11/h1-9H,(H3,17,18,19,20,21,22,23). The average Bonchev–Trinajstić information content (AvgIpc) is 3.05. The van der Waals surface area contributed by atoms with Crippen molar-refractivity contribution in [1.82, 2.24) is 29.9 Å². The average molecular weight is 304 g/mol. The van der Waals surface area contributed by atoms with E-state index in [2.05, 4.69) is 40.5 Å². The minimum atomic E-state index is 0.392. The maximum atomic E-state index is 4.49. The SMILES string of the molecule is c1ccc(Nc2nc(Nc3cnccn3)nc3nc[nH]c23)cc1. The Balaban J connectivity index is 1.72. The molecule has 0 fully saturated rings. The van der Waals surface area contributed by atoms with Gasteiger partial charge in [0.1, 0.15) is 5.52 Å². The Labute approximate surface area is 131 Å². The maximum Gasteiger partial charge on any atom is 0.232 e. The summed E-state index contributed by atoms with van der Waals surface area (Å²) in [5.74, 6) is 1.58. The molecule has 3 aromatic heterocycles. The van der Waals surface area contributed by atoms with Crippen LogP contribution in [0.15, 0.2) is 55.2 Å². The lowest BCUT2D eigenvalue weighted by Crippen LogP contribution is -2.03. The molecular weight excluding hydrogens is 292 g/mol. The van der Waals surface area contributed by atoms with Gasteiger partial charge >= 0.3 is 0 Å². The normalized spacial score (nSPS) is 10.6. The van der Waals surface area contributed by atoms with Gasteiger partial charge < -0.3 is 15.6 Å². The van der Waals surface area contributed by atoms with E-state index in [1.54, 1.807) is 24.9 Å². The molecule has 3 heterocycles. The fourth-order valence-corrected chi connectivity index (χ4v) is 2.12. The molecule has 23 heavy (non-hydrogen) atoms. The second-order valence-corrected chi connectivity index (χ2v) is 4.70. The van der Waals surface area contributed by atoms with Gasteiger partial charge in [0.05, 0.1) is 12.5 Å². The first-order valence-corrected chi connectivity index (χ1v) is 6.95. The molecule has 0 aliphatic heterocycles. The van der Waals surface area contributed by atoms with Gasteiger partial charge in [-0.25, -0.2) is 9.97 Å². The van der Waals surface area contributed by atoms with Gasteiger partial charge in [-0.05, 0) is 12.1 Å². The predicted octanol–water partition coefficient (Wildman–Crippen LogP) is 2.63. The van der Waals surface area contributed by atoms with E-state index in [1.165, 1.54) is 0 Å². The van der Waals surface area contributed by atoms with Crippen LogP contribution in [0, 0.1) is 0 Å². The Hall–Kier alpha value is -3.55. The highest BCUT2D eigenvalue weighted by atomic mass is 15.2. The molecule has 0 unspecified atom stereocenters. The van der Waals surface area contributed by atoms with E-state index in [0.29, 0.717) is 23.2 Å². The van der Waals surface area contributed by atoms with Crippen LogP contribution in [0.5, 0.6) is 0 Å². The zero-order valence-corrected chi connectivity index (χ0v) is 11.9. The number of hydrogen-bond donors (Lipinski definition) is 3. The molecule has 0 saturated carbocycles. The zero-order valence-electron chi connectivity index (χ0n) is 11.9. The molecule has 8 heteroatoms. The Morgan fingerprint density at radius 2 is 1.83 bits per heavy atom. The minimum Gasteiger partial charge on any atom is -0.340 e. The second kappa shape index (κ2) is 5.68. The number of anilines is 4. The summed E-state index contributed by atoms with van der Waals surface area (Å²) < 4.78 is 0. The van der Waals surface area contributed by atoms with E-state index in [-0.39, 0.29) is 0 Å². The number of aromatic nitrogens is 6. The van der Waals surface area contributed by atoms with Gasteiger partial charge in [0.25, 0.3) is 0 Å². The Bertz CT molecular complexity index is 920. The van der Waals surface area contributed by atoms with Crippen LogP contribution in [0.4, 0.5) is 23.3 Å². The van der Waals surface area contributed by atoms with Crippen LogP contribution in [-0.4, -0.2) is 29.9 Å². The van der Waals surface area contributed by atoms with Crippen LogP contribution < -0.4 is 10.6 Å². The third kappa shape index (κ3) is 2.77. The molecule has 0 aliphatic rings. The smallest absolute Gasteiger partial charge is 0.232 e. The van der Waals surface area contributed by atoms with Gasteiger partial charge in [-0.1, -0.05) is 18.2 Å². The number of para-hydroxylation sites is 1. The third-order valence-corrected chi connectivity index (χ3v) is 3.13. The van der Waals surface area contributed by atoms with Gasteiger partial charge in [0, 0.05) is 18.1 Å². The van der Waals surface area contributed by atoms with Crippen molar-refractivity contribution < 1.29 is 0 Å². The van der Waals surface area contributed by atoms with Gasteiger partial charge in [-0.15, -0.1) is 0 Å². The molecule has 112 valence electrons. The lowest BCUT2D eigenvalue weighted by Gasteiger charge is -2.09. The van der Waals surface area contributed by atoms with Crippen molar-refractivity contribution in [3.8, 4) is 0 Å². The van der Waals surface area contributed by atoms with Crippen LogP contribution in [0.2, 0.25) is 0 Å². The highest BCUT2D eigenvalue weighted by molar-refractivity contribution is 5.86. The van der Waals surface area contributed by atoms with Crippen LogP contribution in [0.25, 0.3) is 11.2 Å². The first-order valence-electron chi connectivity index (χ1n) is 6.95. The number of hydrogen-bond acceptors (Lipinski definition) is 7. The van der Waals surface area contributed by atoms with Crippen molar-refractivity contribution in [2.75, 3.05) is 10.6 Å². The van der Waals surface area contributed by atoms with E-state index in [9.17, 15) is 0 Å². The van der Waals surface area contributed by atoms with Crippen molar-refractivity contribution >= 4 is 34.4 Å². The molecule has 4 aromatic rings. The molecule has 0 atom stereocenters. The molecule has 0 amide bonds. The summed E-state index contributed by atoms with van der Waals surface area (Å²) in [6.07, 6.45) is 6.38. The Morgan fingerprint density at radius 1 is 0.913 bits per heavy atom. The summed E-state index contributed by atoms with van der Waals surface area (Å²) in [6, 6.07) is 9.77. The molecule has 0 aliphatic carbocycles. The molecule has 3 N–H and O–H groups in total. The number of aromatic amines is 1. The molecule has 0 spiro atoms. The summed E-state index contributed by atoms with van der Waals surface area (Å²) in [5, 5.41) is 6.28. The van der Waals surface area contributed by atoms with Crippen molar-refractivity contribution in [3.05, 3.63) is 55.2 Å². The molecule has 8 nitrogen and oxygen atoms in total. The molecule has 0 radical (unpaired) electrons. The number of nitrogens with zero attached hydrogens (tertiary/aromatic N) is 5. The van der Waals surface area contributed by atoms with E-state index in [0.717, 1.165) is 11.2 Å². The molecule has 0 bridgehead atoms. The van der Waals surface area contributed by atoms with Gasteiger partial charge in [0.2, 0.25) is 5.95 Å². The summed E-state index contributed by atoms with van der Waals surface area (Å²) in [6.45, 7) is 0. The molecular formula is C15H12N8. The summed E-state index contributed by atoms with van der Waals surface area (Å²) in [5.41, 5.74) is 2.22. The largest absolute Gasteiger partial charge is 0.340 e. The quantitative estimate of drug-likeness (QED) is 0.532. The predicted molar refractivity (Wildman–Crippen MR) is 86.7 cm³/mol. The summed E-state index contributed by atoms with van der Waals surface area (Å²) >= 11 is 0. The van der Waals surface area contributed by atoms with Crippen LogP contribution in [0.1, 0.15) is 0 Å². The molecule has 1 aromatic carbocycles. The monoisotopic (exact) mass is 304 g/mol. The summed E-state index contributed by atoms with van der Waals surface area (Å²) in [7, 11) is 0. The zero-order chi connectivity index (χ0) is 15.5. The van der Waals surface area contributed by atoms with E-state index >= 15 is 0 Å². The number of imidazole rings is 1. The highest BCUT2D eigenvalue weighted by Gasteiger charge is 2.10. The van der Waals surface area contributed by atoms with E-state index in [4.69, 9.17) is 0 Å². The molecule has 4 rings (SSSR count). The minimum absolute atomic E-state index is 0.392. The number of rotatable bonds is 4. The van der Waals surface area contributed by atoms with Crippen LogP contribution in [0.3, 0.4) is 0 Å². The first-order chi connectivity index (χ1) is 11.4. The first kappa shape index (κ1) is 13.1. The van der Waals surface area contributed by atoms with Gasteiger partial charge in [-0.3, -0.25) is 4.98 Å². The number of fused-ring (bicyclic) bond motifs is 1. The van der Waals surface area contributed by atoms with Crippen molar-refractivity contribution in [3.63, 3.8) is 0 Å². The third-order valence-electron chi connectivity index (χ3n) is 3.13. The number of benzene rings is 1. The lowest BCUT2D eigenvalue weighted by molar-refractivity contribution is 1.14. The Kier molecular flexibility index (Phi) is 3.24. The molecule has 0 saturated heterocycles. The number of nitrogens with one attached hydrogen (secondary N) is 3. The van der Waals surface area contributed by atoms with E-state index in [1.807, 2.05) is 30.3 Å². The van der Waals surface area contributed by atoms with Crippen molar-refractivity contribution in [2.45, 2.75) is 0 Å². The Morgan fingerprint density at radius 3 is 2.65 bits per heavy atom. The lowest BCUT2D eigenvalue weighted by atomic mass is 10.3. The van der Waals surface area contributed by atoms with Crippen molar-refractivity contribution in [1.29, 1.82) is 0 Å². The summed E-state index contributed by atoms with van der Waals surface area (Å²) in [4.78, 5) is 24.3. The highest BCUT2D eigenvalue weighted by Crippen LogP contribution is 2.23. The number of H-pyrrole nitrogens is 1. The maximum absolute atomic E-state index is 4.49. The topological polar surface area (TPSA) is 104 Å². The fourth-order valence-electron chi connectivity index (χ4n) is 2.12. The van der Waals surface area contributed by atoms with Gasteiger partial charge in [0.15, 0.2) is 17.3 Å². The van der Waals surface area contributed by atoms with Gasteiger partial charge in [-0.2, -0.15) is 9.97 Å². The van der Waals surface area contributed by atoms with Crippen LogP contribution >= 0.6 is 0 Å². The second-order valence-electron chi connectivity index (χ2n) is 4.70. The fraction of sp³-hybridized carbons (Fsp3) is 0. The van der Waals surface area contributed by atoms with E-state index < -0.39 is 0 Å². The van der Waals surface area contributed by atoms with Crippen molar-refractivity contribution in [2.24, 2.45) is 0 Å². The van der Waals surface area contributed by atoms with Crippen LogP contribution in [-0.2, 0) is 0 Å².